The molecule has 0 radical (unpaired) electrons. The Hall–Kier alpha value is -2.82. The Morgan fingerprint density at radius 3 is 2.46 bits per heavy atom. The molecule has 0 spiro atoms. The predicted molar refractivity (Wildman–Crippen MR) is 97.8 cm³/mol. The standard InChI is InChI=1S/C21H23NO4/c1-15(26-20(23)13-16-7-9-19(25-2)10-8-16)21(24)22-12-11-17-5-3-4-6-18(17)14-22/h3-10,15H,11-14H2,1-2H3/t15-/m1/s1. The maximum Gasteiger partial charge on any atom is 0.311 e. The molecule has 0 bridgehead atoms. The van der Waals surface area contributed by atoms with Crippen molar-refractivity contribution in [3.05, 3.63) is 65.2 Å². The summed E-state index contributed by atoms with van der Waals surface area (Å²) < 4.78 is 10.4. The third kappa shape index (κ3) is 4.23. The molecule has 0 saturated carbocycles. The average Bonchev–Trinajstić information content (AvgIpc) is 2.67. The number of ether oxygens (including phenoxy) is 2. The molecule has 2 aromatic rings. The van der Waals surface area contributed by atoms with E-state index in [0.29, 0.717) is 13.1 Å². The Balaban J connectivity index is 1.54. The van der Waals surface area contributed by atoms with Crippen molar-refractivity contribution < 1.29 is 19.1 Å². The number of esters is 1. The van der Waals surface area contributed by atoms with Crippen molar-refractivity contribution in [2.45, 2.75) is 32.4 Å². The van der Waals surface area contributed by atoms with Gasteiger partial charge in [-0.05, 0) is 42.2 Å². The van der Waals surface area contributed by atoms with Crippen molar-refractivity contribution in [1.29, 1.82) is 0 Å². The quantitative estimate of drug-likeness (QED) is 0.776. The lowest BCUT2D eigenvalue weighted by atomic mass is 9.99. The second kappa shape index (κ2) is 8.04. The van der Waals surface area contributed by atoms with Gasteiger partial charge in [0.05, 0.1) is 13.5 Å². The van der Waals surface area contributed by atoms with Gasteiger partial charge in [-0.15, -0.1) is 0 Å². The Bertz CT molecular complexity index is 785. The van der Waals surface area contributed by atoms with E-state index in [0.717, 1.165) is 23.3 Å². The molecule has 5 heteroatoms. The minimum Gasteiger partial charge on any atom is -0.497 e. The van der Waals surface area contributed by atoms with E-state index in [4.69, 9.17) is 9.47 Å². The van der Waals surface area contributed by atoms with Gasteiger partial charge in [0, 0.05) is 13.1 Å². The van der Waals surface area contributed by atoms with Gasteiger partial charge < -0.3 is 14.4 Å². The maximum atomic E-state index is 12.6. The molecule has 0 saturated heterocycles. The molecule has 26 heavy (non-hydrogen) atoms. The minimum absolute atomic E-state index is 0.129. The SMILES string of the molecule is COc1ccc(CC(=O)O[C@H](C)C(=O)N2CCc3ccccc3C2)cc1. The molecule has 1 atom stereocenters. The van der Waals surface area contributed by atoms with E-state index >= 15 is 0 Å². The number of benzene rings is 2. The van der Waals surface area contributed by atoms with Crippen molar-refractivity contribution in [2.24, 2.45) is 0 Å². The summed E-state index contributed by atoms with van der Waals surface area (Å²) in [7, 11) is 1.59. The van der Waals surface area contributed by atoms with Gasteiger partial charge in [-0.25, -0.2) is 0 Å². The van der Waals surface area contributed by atoms with Crippen LogP contribution < -0.4 is 4.74 Å². The number of carbonyl (C=O) groups excluding carboxylic acids is 2. The zero-order valence-electron chi connectivity index (χ0n) is 15.1. The monoisotopic (exact) mass is 353 g/mol. The highest BCUT2D eigenvalue weighted by Crippen LogP contribution is 2.19. The van der Waals surface area contributed by atoms with Gasteiger partial charge in [0.15, 0.2) is 6.10 Å². The fourth-order valence-electron chi connectivity index (χ4n) is 3.14. The molecule has 1 amide bonds. The van der Waals surface area contributed by atoms with E-state index in [1.165, 1.54) is 5.56 Å². The summed E-state index contributed by atoms with van der Waals surface area (Å²) in [5.74, 6) is 0.173. The van der Waals surface area contributed by atoms with Gasteiger partial charge in [-0.1, -0.05) is 36.4 Å². The van der Waals surface area contributed by atoms with Crippen molar-refractivity contribution >= 4 is 11.9 Å². The van der Waals surface area contributed by atoms with Gasteiger partial charge in [0.2, 0.25) is 0 Å². The topological polar surface area (TPSA) is 55.8 Å². The lowest BCUT2D eigenvalue weighted by Gasteiger charge is -2.30. The number of nitrogens with zero attached hydrogens (tertiary/aromatic N) is 1. The van der Waals surface area contributed by atoms with Crippen LogP contribution in [0.3, 0.4) is 0 Å². The Morgan fingerprint density at radius 1 is 1.08 bits per heavy atom. The number of amides is 1. The summed E-state index contributed by atoms with van der Waals surface area (Å²) in [4.78, 5) is 26.5. The smallest absolute Gasteiger partial charge is 0.311 e. The maximum absolute atomic E-state index is 12.6. The summed E-state index contributed by atoms with van der Waals surface area (Å²) in [6.07, 6.45) is 0.171. The molecule has 1 aliphatic rings. The van der Waals surface area contributed by atoms with Crippen LogP contribution in [0.25, 0.3) is 0 Å². The molecule has 5 nitrogen and oxygen atoms in total. The molecule has 0 aliphatic carbocycles. The van der Waals surface area contributed by atoms with Crippen molar-refractivity contribution in [3.8, 4) is 5.75 Å². The highest BCUT2D eigenvalue weighted by atomic mass is 16.5. The summed E-state index contributed by atoms with van der Waals surface area (Å²) in [5.41, 5.74) is 3.26. The number of hydrogen-bond acceptors (Lipinski definition) is 4. The highest BCUT2D eigenvalue weighted by molar-refractivity contribution is 5.84. The largest absolute Gasteiger partial charge is 0.497 e. The van der Waals surface area contributed by atoms with Gasteiger partial charge in [0.1, 0.15) is 5.75 Å². The van der Waals surface area contributed by atoms with Gasteiger partial charge in [0.25, 0.3) is 5.91 Å². The average molecular weight is 353 g/mol. The molecular formula is C21H23NO4. The van der Waals surface area contributed by atoms with Crippen LogP contribution >= 0.6 is 0 Å². The zero-order chi connectivity index (χ0) is 18.5. The van der Waals surface area contributed by atoms with E-state index < -0.39 is 12.1 Å². The third-order valence-corrected chi connectivity index (χ3v) is 4.61. The first-order chi connectivity index (χ1) is 12.6. The van der Waals surface area contributed by atoms with Crippen LogP contribution in [-0.2, 0) is 33.7 Å². The van der Waals surface area contributed by atoms with Crippen molar-refractivity contribution in [2.75, 3.05) is 13.7 Å². The first-order valence-corrected chi connectivity index (χ1v) is 8.75. The lowest BCUT2D eigenvalue weighted by molar-refractivity contribution is -0.159. The minimum atomic E-state index is -0.786. The molecule has 1 heterocycles. The normalized spacial score (nSPS) is 14.3. The molecular weight excluding hydrogens is 330 g/mol. The van der Waals surface area contributed by atoms with Crippen LogP contribution in [0.4, 0.5) is 0 Å². The number of rotatable bonds is 5. The van der Waals surface area contributed by atoms with Gasteiger partial charge >= 0.3 is 5.97 Å². The third-order valence-electron chi connectivity index (χ3n) is 4.61. The van der Waals surface area contributed by atoms with Crippen molar-refractivity contribution in [1.82, 2.24) is 4.90 Å². The Morgan fingerprint density at radius 2 is 1.77 bits per heavy atom. The van der Waals surface area contributed by atoms with Gasteiger partial charge in [-0.2, -0.15) is 0 Å². The predicted octanol–water partition coefficient (Wildman–Crippen LogP) is 2.75. The van der Waals surface area contributed by atoms with Gasteiger partial charge in [-0.3, -0.25) is 9.59 Å². The van der Waals surface area contributed by atoms with Crippen LogP contribution in [0.1, 0.15) is 23.6 Å². The summed E-state index contributed by atoms with van der Waals surface area (Å²) >= 11 is 0. The van der Waals surface area contributed by atoms with E-state index in [2.05, 4.69) is 6.07 Å². The molecule has 0 N–H and O–H groups in total. The summed E-state index contributed by atoms with van der Waals surface area (Å²) in [6, 6.07) is 15.3. The van der Waals surface area contributed by atoms with E-state index in [1.54, 1.807) is 31.1 Å². The number of hydrogen-bond donors (Lipinski definition) is 0. The van der Waals surface area contributed by atoms with Crippen LogP contribution in [0.2, 0.25) is 0 Å². The lowest BCUT2D eigenvalue weighted by Crippen LogP contribution is -2.42. The summed E-state index contributed by atoms with van der Waals surface area (Å²) in [5, 5.41) is 0. The van der Waals surface area contributed by atoms with Crippen LogP contribution in [-0.4, -0.2) is 36.5 Å². The zero-order valence-corrected chi connectivity index (χ0v) is 15.1. The molecule has 0 unspecified atom stereocenters. The second-order valence-electron chi connectivity index (χ2n) is 6.44. The number of carbonyl (C=O) groups is 2. The molecule has 2 aromatic carbocycles. The molecule has 1 aliphatic heterocycles. The first kappa shape index (κ1) is 18.0. The molecule has 0 aromatic heterocycles. The molecule has 3 rings (SSSR count). The fraction of sp³-hybridized carbons (Fsp3) is 0.333. The van der Waals surface area contributed by atoms with Crippen LogP contribution in [0.5, 0.6) is 5.75 Å². The Labute approximate surface area is 153 Å². The second-order valence-corrected chi connectivity index (χ2v) is 6.44. The first-order valence-electron chi connectivity index (χ1n) is 8.75. The van der Waals surface area contributed by atoms with E-state index in [9.17, 15) is 9.59 Å². The summed E-state index contributed by atoms with van der Waals surface area (Å²) in [6.45, 7) is 2.85. The fourth-order valence-corrected chi connectivity index (χ4v) is 3.14. The van der Waals surface area contributed by atoms with Crippen molar-refractivity contribution in [3.63, 3.8) is 0 Å². The Kier molecular flexibility index (Phi) is 5.56. The molecule has 136 valence electrons. The van der Waals surface area contributed by atoms with Crippen LogP contribution in [0, 0.1) is 0 Å². The molecule has 0 fully saturated rings. The highest BCUT2D eigenvalue weighted by Gasteiger charge is 2.26. The number of fused-ring (bicyclic) bond motifs is 1. The number of methoxy groups -OCH3 is 1. The van der Waals surface area contributed by atoms with E-state index in [1.807, 2.05) is 30.3 Å². The van der Waals surface area contributed by atoms with E-state index in [-0.39, 0.29) is 12.3 Å². The van der Waals surface area contributed by atoms with Crippen LogP contribution in [0.15, 0.2) is 48.5 Å².